The van der Waals surface area contributed by atoms with Gasteiger partial charge in [0.2, 0.25) is 5.91 Å². The van der Waals surface area contributed by atoms with Crippen LogP contribution in [0.4, 0.5) is 10.5 Å². The summed E-state index contributed by atoms with van der Waals surface area (Å²) in [7, 11) is 0. The molecule has 108 valence electrons. The average molecular weight is 280 g/mol. The molecule has 0 radical (unpaired) electrons. The summed E-state index contributed by atoms with van der Waals surface area (Å²) in [5, 5.41) is 13.9. The van der Waals surface area contributed by atoms with E-state index in [1.165, 1.54) is 31.2 Å². The maximum Gasteiger partial charge on any atom is 0.411 e. The van der Waals surface area contributed by atoms with Crippen LogP contribution in [-0.2, 0) is 14.3 Å². The number of nitrogens with one attached hydrogen (secondary N) is 2. The predicted molar refractivity (Wildman–Crippen MR) is 71.3 cm³/mol. The number of anilines is 1. The highest BCUT2D eigenvalue weighted by Gasteiger charge is 2.20. The molecule has 0 saturated heterocycles. The summed E-state index contributed by atoms with van der Waals surface area (Å²) < 4.78 is 4.71. The van der Waals surface area contributed by atoms with Gasteiger partial charge in [-0.25, -0.2) is 9.59 Å². The lowest BCUT2D eigenvalue weighted by molar-refractivity contribution is -0.141. The number of carboxylic acid groups (broad SMARTS) is 1. The average Bonchev–Trinajstić information content (AvgIpc) is 2.37. The van der Waals surface area contributed by atoms with E-state index in [0.29, 0.717) is 11.3 Å². The van der Waals surface area contributed by atoms with Crippen molar-refractivity contribution in [2.24, 2.45) is 0 Å². The van der Waals surface area contributed by atoms with Gasteiger partial charge in [-0.3, -0.25) is 10.1 Å². The maximum atomic E-state index is 11.2. The van der Waals surface area contributed by atoms with Crippen molar-refractivity contribution in [3.8, 4) is 0 Å². The van der Waals surface area contributed by atoms with Gasteiger partial charge in [0.1, 0.15) is 0 Å². The van der Waals surface area contributed by atoms with Crippen molar-refractivity contribution in [2.45, 2.75) is 19.9 Å². The minimum absolute atomic E-state index is 0.257. The van der Waals surface area contributed by atoms with Gasteiger partial charge in [0, 0.05) is 12.6 Å². The first-order valence-corrected chi connectivity index (χ1v) is 5.97. The normalized spacial score (nSPS) is 11.3. The van der Waals surface area contributed by atoms with Crippen LogP contribution in [0.1, 0.15) is 25.5 Å². The Morgan fingerprint density at radius 2 is 1.85 bits per heavy atom. The molecule has 1 aromatic carbocycles. The van der Waals surface area contributed by atoms with E-state index < -0.39 is 24.0 Å². The first kappa shape index (κ1) is 15.5. The van der Waals surface area contributed by atoms with Crippen LogP contribution in [-0.4, -0.2) is 29.7 Å². The van der Waals surface area contributed by atoms with Gasteiger partial charge < -0.3 is 15.2 Å². The lowest BCUT2D eigenvalue weighted by atomic mass is 10.1. The number of aliphatic carboxylic acids is 1. The molecule has 0 fully saturated rings. The third kappa shape index (κ3) is 4.60. The number of hydrogen-bond donors (Lipinski definition) is 3. The standard InChI is InChI=1S/C13H16N2O5/c1-3-20-13(19)15-10-6-4-9(5-7-10)11(12(17)18)14-8(2)16/h4-7,11H,3H2,1-2H3,(H,14,16)(H,15,19)(H,17,18)/t11-/m0/s1. The van der Waals surface area contributed by atoms with Crippen molar-refractivity contribution >= 4 is 23.7 Å². The number of hydrogen-bond acceptors (Lipinski definition) is 4. The molecule has 0 unspecified atom stereocenters. The van der Waals surface area contributed by atoms with E-state index in [2.05, 4.69) is 10.6 Å². The van der Waals surface area contributed by atoms with E-state index in [0.717, 1.165) is 0 Å². The first-order valence-electron chi connectivity index (χ1n) is 5.97. The Balaban J connectivity index is 2.80. The fraction of sp³-hybridized carbons (Fsp3) is 0.308. The minimum atomic E-state index is -1.16. The van der Waals surface area contributed by atoms with Gasteiger partial charge >= 0.3 is 12.1 Å². The zero-order valence-corrected chi connectivity index (χ0v) is 11.2. The zero-order chi connectivity index (χ0) is 15.1. The number of ether oxygens (including phenoxy) is 1. The van der Waals surface area contributed by atoms with Gasteiger partial charge in [-0.05, 0) is 24.6 Å². The van der Waals surface area contributed by atoms with Gasteiger partial charge in [0.15, 0.2) is 6.04 Å². The molecule has 7 heteroatoms. The topological polar surface area (TPSA) is 105 Å². The SMILES string of the molecule is CCOC(=O)Nc1ccc([C@H](NC(C)=O)C(=O)O)cc1. The Morgan fingerprint density at radius 1 is 1.25 bits per heavy atom. The fourth-order valence-corrected chi connectivity index (χ4v) is 1.53. The number of carboxylic acids is 1. The van der Waals surface area contributed by atoms with E-state index in [1.54, 1.807) is 6.92 Å². The zero-order valence-electron chi connectivity index (χ0n) is 11.2. The fourth-order valence-electron chi connectivity index (χ4n) is 1.53. The third-order valence-corrected chi connectivity index (χ3v) is 2.36. The van der Waals surface area contributed by atoms with Gasteiger partial charge in [-0.2, -0.15) is 0 Å². The van der Waals surface area contributed by atoms with Crippen molar-refractivity contribution < 1.29 is 24.2 Å². The smallest absolute Gasteiger partial charge is 0.411 e. The second-order valence-corrected chi connectivity index (χ2v) is 3.94. The van der Waals surface area contributed by atoms with Crippen LogP contribution in [0.3, 0.4) is 0 Å². The number of carbonyl (C=O) groups excluding carboxylic acids is 2. The van der Waals surface area contributed by atoms with E-state index >= 15 is 0 Å². The van der Waals surface area contributed by atoms with Crippen LogP contribution >= 0.6 is 0 Å². The summed E-state index contributed by atoms with van der Waals surface area (Å²) in [4.78, 5) is 33.2. The van der Waals surface area contributed by atoms with Gasteiger partial charge in [0.25, 0.3) is 0 Å². The lowest BCUT2D eigenvalue weighted by Gasteiger charge is -2.14. The predicted octanol–water partition coefficient (Wildman–Crippen LogP) is 1.52. The van der Waals surface area contributed by atoms with Crippen molar-refractivity contribution in [3.63, 3.8) is 0 Å². The molecule has 1 atom stereocenters. The Labute approximate surface area is 115 Å². The second kappa shape index (κ2) is 7.13. The van der Waals surface area contributed by atoms with Crippen molar-refractivity contribution in [1.82, 2.24) is 5.32 Å². The molecule has 0 aliphatic carbocycles. The maximum absolute atomic E-state index is 11.2. The van der Waals surface area contributed by atoms with Crippen LogP contribution < -0.4 is 10.6 Å². The molecule has 1 aromatic rings. The Kier molecular flexibility index (Phi) is 5.52. The van der Waals surface area contributed by atoms with Crippen LogP contribution in [0, 0.1) is 0 Å². The van der Waals surface area contributed by atoms with E-state index in [1.807, 2.05) is 0 Å². The molecular formula is C13H16N2O5. The van der Waals surface area contributed by atoms with Crippen molar-refractivity contribution in [1.29, 1.82) is 0 Å². The number of rotatable bonds is 5. The summed E-state index contributed by atoms with van der Waals surface area (Å²) in [5.41, 5.74) is 0.876. The minimum Gasteiger partial charge on any atom is -0.479 e. The Morgan fingerprint density at radius 3 is 2.30 bits per heavy atom. The molecule has 3 N–H and O–H groups in total. The third-order valence-electron chi connectivity index (χ3n) is 2.36. The van der Waals surface area contributed by atoms with Crippen LogP contribution in [0.15, 0.2) is 24.3 Å². The molecule has 0 aromatic heterocycles. The Hall–Kier alpha value is -2.57. The first-order chi connectivity index (χ1) is 9.43. The number of benzene rings is 1. The molecule has 0 aliphatic rings. The Bertz CT molecular complexity index is 498. The highest BCUT2D eigenvalue weighted by Crippen LogP contribution is 2.17. The summed E-state index contributed by atoms with van der Waals surface area (Å²) in [6.45, 7) is 3.19. The molecule has 0 aliphatic heterocycles. The molecule has 20 heavy (non-hydrogen) atoms. The van der Waals surface area contributed by atoms with E-state index in [9.17, 15) is 14.4 Å². The van der Waals surface area contributed by atoms with Crippen molar-refractivity contribution in [2.75, 3.05) is 11.9 Å². The molecule has 2 amide bonds. The summed E-state index contributed by atoms with van der Waals surface area (Å²) in [6, 6.07) is 4.96. The largest absolute Gasteiger partial charge is 0.479 e. The quantitative estimate of drug-likeness (QED) is 0.758. The second-order valence-electron chi connectivity index (χ2n) is 3.94. The molecule has 0 heterocycles. The summed E-state index contributed by atoms with van der Waals surface area (Å²) in [6.07, 6.45) is -0.586. The van der Waals surface area contributed by atoms with Gasteiger partial charge in [-0.1, -0.05) is 12.1 Å². The molecular weight excluding hydrogens is 264 g/mol. The molecule has 0 spiro atoms. The van der Waals surface area contributed by atoms with Gasteiger partial charge in [-0.15, -0.1) is 0 Å². The van der Waals surface area contributed by atoms with Crippen molar-refractivity contribution in [3.05, 3.63) is 29.8 Å². The molecule has 0 saturated carbocycles. The monoisotopic (exact) mass is 280 g/mol. The van der Waals surface area contributed by atoms with Gasteiger partial charge in [0.05, 0.1) is 6.61 Å². The number of carbonyl (C=O) groups is 3. The highest BCUT2D eigenvalue weighted by molar-refractivity contribution is 5.85. The highest BCUT2D eigenvalue weighted by atomic mass is 16.5. The van der Waals surface area contributed by atoms with Crippen LogP contribution in [0.2, 0.25) is 0 Å². The molecule has 0 bridgehead atoms. The lowest BCUT2D eigenvalue weighted by Crippen LogP contribution is -2.31. The molecule has 7 nitrogen and oxygen atoms in total. The van der Waals surface area contributed by atoms with E-state index in [4.69, 9.17) is 9.84 Å². The van der Waals surface area contributed by atoms with Crippen LogP contribution in [0.5, 0.6) is 0 Å². The van der Waals surface area contributed by atoms with E-state index in [-0.39, 0.29) is 6.61 Å². The number of amides is 2. The molecule has 1 rings (SSSR count). The summed E-state index contributed by atoms with van der Waals surface area (Å²) >= 11 is 0. The summed E-state index contributed by atoms with van der Waals surface area (Å²) in [5.74, 6) is -1.60. The van der Waals surface area contributed by atoms with Crippen LogP contribution in [0.25, 0.3) is 0 Å².